The molecule has 0 radical (unpaired) electrons. The van der Waals surface area contributed by atoms with E-state index >= 15 is 0 Å². The molecule has 0 heterocycles. The molecule has 3 rings (SSSR count). The number of carbonyl (C=O) groups excluding carboxylic acids is 1. The summed E-state index contributed by atoms with van der Waals surface area (Å²) < 4.78 is 36.6. The number of ether oxygens (including phenoxy) is 4. The molecule has 0 saturated heterocycles. The minimum Gasteiger partial charge on any atom is -0.497 e. The summed E-state index contributed by atoms with van der Waals surface area (Å²) in [6, 6.07) is 16.9. The molecule has 0 fully saturated rings. The van der Waals surface area contributed by atoms with Gasteiger partial charge in [0, 0.05) is 23.7 Å². The summed E-state index contributed by atoms with van der Waals surface area (Å²) in [6.07, 6.45) is 1.45. The first kappa shape index (κ1) is 27.6. The Kier molecular flexibility index (Phi) is 9.92. The highest BCUT2D eigenvalue weighted by Gasteiger charge is 2.16. The van der Waals surface area contributed by atoms with Crippen LogP contribution in [0, 0.1) is 17.1 Å². The molecule has 1 N–H and O–H groups in total. The Morgan fingerprint density at radius 1 is 1.05 bits per heavy atom. The first-order valence-corrected chi connectivity index (χ1v) is 12.1. The summed E-state index contributed by atoms with van der Waals surface area (Å²) in [5, 5.41) is 12.4. The molecule has 1 amide bonds. The van der Waals surface area contributed by atoms with E-state index in [2.05, 4.69) is 21.2 Å². The molecule has 0 bridgehead atoms. The Morgan fingerprint density at radius 3 is 2.51 bits per heavy atom. The lowest BCUT2D eigenvalue weighted by Crippen LogP contribution is -2.24. The maximum atomic E-state index is 14.0. The summed E-state index contributed by atoms with van der Waals surface area (Å²) in [5.74, 6) is 1.04. The van der Waals surface area contributed by atoms with Gasteiger partial charge in [0.05, 0.1) is 25.3 Å². The van der Waals surface area contributed by atoms with Crippen molar-refractivity contribution in [1.29, 1.82) is 5.26 Å². The van der Waals surface area contributed by atoms with Crippen LogP contribution in [0.15, 0.2) is 64.6 Å². The lowest BCUT2D eigenvalue weighted by molar-refractivity contribution is -0.117. The number of amides is 1. The number of methoxy groups -OCH3 is 2. The van der Waals surface area contributed by atoms with Gasteiger partial charge in [-0.25, -0.2) is 4.39 Å². The molecule has 9 heteroatoms. The summed E-state index contributed by atoms with van der Waals surface area (Å²) >= 11 is 3.46. The summed E-state index contributed by atoms with van der Waals surface area (Å²) in [5.41, 5.74) is 1.58. The van der Waals surface area contributed by atoms with Gasteiger partial charge in [-0.05, 0) is 64.8 Å². The van der Waals surface area contributed by atoms with Crippen molar-refractivity contribution in [2.45, 2.75) is 20.1 Å². The van der Waals surface area contributed by atoms with Crippen LogP contribution in [0.4, 0.5) is 4.39 Å². The van der Waals surface area contributed by atoms with Crippen molar-refractivity contribution < 1.29 is 28.1 Å². The summed E-state index contributed by atoms with van der Waals surface area (Å²) in [4.78, 5) is 12.8. The second-order valence-electron chi connectivity index (χ2n) is 7.67. The molecule has 3 aromatic rings. The van der Waals surface area contributed by atoms with Crippen LogP contribution in [-0.2, 0) is 17.9 Å². The van der Waals surface area contributed by atoms with Crippen LogP contribution in [0.1, 0.15) is 23.6 Å². The fourth-order valence-electron chi connectivity index (χ4n) is 3.42. The van der Waals surface area contributed by atoms with Gasteiger partial charge in [-0.2, -0.15) is 5.26 Å². The molecular weight excluding hydrogens is 543 g/mol. The van der Waals surface area contributed by atoms with Crippen LogP contribution in [0.25, 0.3) is 6.08 Å². The third kappa shape index (κ3) is 7.24. The molecule has 0 saturated carbocycles. The number of hydrogen-bond donors (Lipinski definition) is 1. The quantitative estimate of drug-likeness (QED) is 0.232. The third-order valence-corrected chi connectivity index (χ3v) is 5.86. The highest BCUT2D eigenvalue weighted by Crippen LogP contribution is 2.38. The zero-order chi connectivity index (χ0) is 26.8. The van der Waals surface area contributed by atoms with E-state index in [0.29, 0.717) is 45.2 Å². The van der Waals surface area contributed by atoms with Gasteiger partial charge in [-0.3, -0.25) is 4.79 Å². The van der Waals surface area contributed by atoms with E-state index in [9.17, 15) is 14.4 Å². The Morgan fingerprint density at radius 2 is 1.84 bits per heavy atom. The average Bonchev–Trinajstić information content (AvgIpc) is 2.90. The first-order valence-electron chi connectivity index (χ1n) is 11.3. The van der Waals surface area contributed by atoms with Crippen molar-refractivity contribution in [2.75, 3.05) is 20.8 Å². The predicted octanol–water partition coefficient (Wildman–Crippen LogP) is 5.81. The van der Waals surface area contributed by atoms with Crippen molar-refractivity contribution in [1.82, 2.24) is 5.32 Å². The fourth-order valence-corrected chi connectivity index (χ4v) is 4.00. The van der Waals surface area contributed by atoms with Gasteiger partial charge >= 0.3 is 0 Å². The molecule has 3 aromatic carbocycles. The van der Waals surface area contributed by atoms with Crippen molar-refractivity contribution >= 4 is 27.9 Å². The van der Waals surface area contributed by atoms with Crippen LogP contribution < -0.4 is 24.3 Å². The highest BCUT2D eigenvalue weighted by molar-refractivity contribution is 9.10. The van der Waals surface area contributed by atoms with Crippen LogP contribution in [0.5, 0.6) is 23.0 Å². The molecule has 0 aliphatic rings. The number of halogens is 2. The van der Waals surface area contributed by atoms with Crippen LogP contribution >= 0.6 is 15.9 Å². The standard InChI is InChI=1S/C28H26BrFN2O5/c1-4-36-26-13-18(12-23(29)27(26)37-17-20-7-5-6-8-24(20)30)11-21(15-31)28(33)32-16-19-9-10-22(34-2)14-25(19)35-3/h5-14H,4,16-17H2,1-3H3,(H,32,33)/b21-11+. The zero-order valence-electron chi connectivity index (χ0n) is 20.6. The second kappa shape index (κ2) is 13.3. The smallest absolute Gasteiger partial charge is 0.262 e. The Balaban J connectivity index is 1.79. The lowest BCUT2D eigenvalue weighted by atomic mass is 10.1. The molecule has 0 aliphatic heterocycles. The SMILES string of the molecule is CCOc1cc(/C=C(\C#N)C(=O)NCc2ccc(OC)cc2OC)cc(Br)c1OCc1ccccc1F. The summed E-state index contributed by atoms with van der Waals surface area (Å²) in [6.45, 7) is 2.33. The fraction of sp³-hybridized carbons (Fsp3) is 0.214. The predicted molar refractivity (Wildman–Crippen MR) is 141 cm³/mol. The van der Waals surface area contributed by atoms with Crippen molar-refractivity contribution in [2.24, 2.45) is 0 Å². The highest BCUT2D eigenvalue weighted by atomic mass is 79.9. The van der Waals surface area contributed by atoms with Gasteiger partial charge < -0.3 is 24.3 Å². The number of benzene rings is 3. The second-order valence-corrected chi connectivity index (χ2v) is 8.53. The summed E-state index contributed by atoms with van der Waals surface area (Å²) in [7, 11) is 3.08. The van der Waals surface area contributed by atoms with E-state index in [1.807, 2.05) is 13.0 Å². The van der Waals surface area contributed by atoms with Gasteiger partial charge in [0.2, 0.25) is 0 Å². The first-order chi connectivity index (χ1) is 17.9. The van der Waals surface area contributed by atoms with Gasteiger partial charge in [0.1, 0.15) is 35.6 Å². The lowest BCUT2D eigenvalue weighted by Gasteiger charge is -2.15. The third-order valence-electron chi connectivity index (χ3n) is 5.27. The molecule has 0 unspecified atom stereocenters. The Hall–Kier alpha value is -4.03. The van der Waals surface area contributed by atoms with Crippen molar-refractivity contribution in [3.63, 3.8) is 0 Å². The molecule has 7 nitrogen and oxygen atoms in total. The molecule has 0 aliphatic carbocycles. The molecule has 0 aromatic heterocycles. The number of nitrogens with one attached hydrogen (secondary N) is 1. The number of hydrogen-bond acceptors (Lipinski definition) is 6. The van der Waals surface area contributed by atoms with E-state index in [0.717, 1.165) is 5.56 Å². The maximum Gasteiger partial charge on any atom is 0.262 e. The van der Waals surface area contributed by atoms with E-state index in [1.165, 1.54) is 19.3 Å². The van der Waals surface area contributed by atoms with Gasteiger partial charge in [-0.1, -0.05) is 18.2 Å². The van der Waals surface area contributed by atoms with E-state index < -0.39 is 5.91 Å². The molecule has 192 valence electrons. The van der Waals surface area contributed by atoms with Crippen LogP contribution in [0.3, 0.4) is 0 Å². The average molecular weight is 569 g/mol. The zero-order valence-corrected chi connectivity index (χ0v) is 22.2. The van der Waals surface area contributed by atoms with Gasteiger partial charge in [0.25, 0.3) is 5.91 Å². The van der Waals surface area contributed by atoms with Crippen molar-refractivity contribution in [3.05, 3.63) is 87.2 Å². The number of carbonyl (C=O) groups is 1. The number of nitriles is 1. The molecule has 0 atom stereocenters. The minimum atomic E-state index is -0.547. The molecular formula is C28H26BrFN2O5. The Bertz CT molecular complexity index is 1340. The van der Waals surface area contributed by atoms with E-state index in [1.54, 1.807) is 55.6 Å². The van der Waals surface area contributed by atoms with Gasteiger partial charge in [-0.15, -0.1) is 0 Å². The van der Waals surface area contributed by atoms with E-state index in [4.69, 9.17) is 18.9 Å². The normalized spacial score (nSPS) is 10.9. The van der Waals surface area contributed by atoms with Crippen molar-refractivity contribution in [3.8, 4) is 29.1 Å². The monoisotopic (exact) mass is 568 g/mol. The molecule has 0 spiro atoms. The number of nitrogens with zero attached hydrogens (tertiary/aromatic N) is 1. The number of rotatable bonds is 11. The molecule has 37 heavy (non-hydrogen) atoms. The van der Waals surface area contributed by atoms with Crippen LogP contribution in [0.2, 0.25) is 0 Å². The van der Waals surface area contributed by atoms with Crippen LogP contribution in [-0.4, -0.2) is 26.7 Å². The van der Waals surface area contributed by atoms with E-state index in [-0.39, 0.29) is 24.5 Å². The minimum absolute atomic E-state index is 0.00120. The Labute approximate surface area is 223 Å². The van der Waals surface area contributed by atoms with Gasteiger partial charge in [0.15, 0.2) is 11.5 Å². The topological polar surface area (TPSA) is 89.8 Å². The largest absolute Gasteiger partial charge is 0.497 e. The maximum absolute atomic E-state index is 14.0.